The summed E-state index contributed by atoms with van der Waals surface area (Å²) in [6.07, 6.45) is 0. The van der Waals surface area contributed by atoms with Crippen molar-refractivity contribution in [3.05, 3.63) is 68.7 Å². The molecule has 2 aromatic rings. The van der Waals surface area contributed by atoms with Crippen LogP contribution in [0.2, 0.25) is 5.02 Å². The zero-order valence-electron chi connectivity index (χ0n) is 10.4. The van der Waals surface area contributed by atoms with Crippen molar-refractivity contribution >= 4 is 23.0 Å². The van der Waals surface area contributed by atoms with Crippen LogP contribution < -0.4 is 5.32 Å². The Morgan fingerprint density at radius 3 is 2.68 bits per heavy atom. The molecule has 4 nitrogen and oxygen atoms in total. The largest absolute Gasteiger partial charge is 0.375 e. The lowest BCUT2D eigenvalue weighted by molar-refractivity contribution is -0.384. The summed E-state index contributed by atoms with van der Waals surface area (Å²) >= 11 is 5.89. The average molecular weight is 277 g/mol. The Balaban J connectivity index is 2.17. The van der Waals surface area contributed by atoms with Crippen LogP contribution in [0.25, 0.3) is 0 Å². The zero-order chi connectivity index (χ0) is 13.8. The molecule has 19 heavy (non-hydrogen) atoms. The second-order valence-corrected chi connectivity index (χ2v) is 4.64. The number of nitro benzene ring substituents is 1. The minimum absolute atomic E-state index is 0.0779. The highest BCUT2D eigenvalue weighted by molar-refractivity contribution is 6.30. The molecule has 2 aromatic carbocycles. The number of nitrogens with zero attached hydrogens (tertiary/aromatic N) is 1. The van der Waals surface area contributed by atoms with Crippen molar-refractivity contribution < 1.29 is 4.92 Å². The summed E-state index contributed by atoms with van der Waals surface area (Å²) in [5, 5.41) is 14.7. The van der Waals surface area contributed by atoms with Gasteiger partial charge in [-0.3, -0.25) is 10.1 Å². The molecule has 0 saturated heterocycles. The van der Waals surface area contributed by atoms with Gasteiger partial charge in [0.25, 0.3) is 5.69 Å². The van der Waals surface area contributed by atoms with Crippen molar-refractivity contribution in [1.29, 1.82) is 0 Å². The van der Waals surface area contributed by atoms with E-state index in [0.29, 0.717) is 17.3 Å². The molecule has 98 valence electrons. The van der Waals surface area contributed by atoms with Crippen molar-refractivity contribution in [2.45, 2.75) is 13.5 Å². The van der Waals surface area contributed by atoms with Gasteiger partial charge in [-0.15, -0.1) is 0 Å². The van der Waals surface area contributed by atoms with Crippen molar-refractivity contribution in [2.75, 3.05) is 5.32 Å². The number of para-hydroxylation sites is 2. The van der Waals surface area contributed by atoms with Crippen molar-refractivity contribution in [3.63, 3.8) is 0 Å². The Kier molecular flexibility index (Phi) is 4.02. The van der Waals surface area contributed by atoms with Crippen LogP contribution in [0.5, 0.6) is 0 Å². The summed E-state index contributed by atoms with van der Waals surface area (Å²) < 4.78 is 0. The number of aryl methyl sites for hydroxylation is 1. The molecule has 1 N–H and O–H groups in total. The Bertz CT molecular complexity index is 614. The van der Waals surface area contributed by atoms with Crippen molar-refractivity contribution in [2.24, 2.45) is 0 Å². The van der Waals surface area contributed by atoms with Gasteiger partial charge in [0.15, 0.2) is 0 Å². The lowest BCUT2D eigenvalue weighted by Gasteiger charge is -2.09. The lowest BCUT2D eigenvalue weighted by atomic mass is 10.1. The minimum atomic E-state index is -0.392. The number of hydrogen-bond acceptors (Lipinski definition) is 3. The van der Waals surface area contributed by atoms with E-state index in [1.165, 1.54) is 6.07 Å². The molecular weight excluding hydrogens is 264 g/mol. The van der Waals surface area contributed by atoms with Crippen LogP contribution in [0.1, 0.15) is 11.1 Å². The molecule has 0 bridgehead atoms. The van der Waals surface area contributed by atoms with E-state index in [1.807, 2.05) is 25.1 Å². The van der Waals surface area contributed by atoms with E-state index >= 15 is 0 Å². The maximum Gasteiger partial charge on any atom is 0.292 e. The van der Waals surface area contributed by atoms with Crippen molar-refractivity contribution in [3.8, 4) is 0 Å². The molecule has 0 aromatic heterocycles. The molecule has 0 atom stereocenters. The molecule has 0 heterocycles. The van der Waals surface area contributed by atoms with E-state index in [9.17, 15) is 10.1 Å². The predicted octanol–water partition coefficient (Wildman–Crippen LogP) is 4.17. The highest BCUT2D eigenvalue weighted by atomic mass is 35.5. The first-order valence-corrected chi connectivity index (χ1v) is 6.18. The summed E-state index contributed by atoms with van der Waals surface area (Å²) in [5.74, 6) is 0. The Morgan fingerprint density at radius 1 is 1.26 bits per heavy atom. The van der Waals surface area contributed by atoms with Crippen LogP contribution >= 0.6 is 11.6 Å². The van der Waals surface area contributed by atoms with E-state index in [2.05, 4.69) is 5.32 Å². The molecular formula is C14H13ClN2O2. The molecule has 0 radical (unpaired) electrons. The Hall–Kier alpha value is -2.07. The minimum Gasteiger partial charge on any atom is -0.375 e. The first-order valence-electron chi connectivity index (χ1n) is 5.80. The van der Waals surface area contributed by atoms with E-state index in [1.54, 1.807) is 18.2 Å². The van der Waals surface area contributed by atoms with E-state index in [-0.39, 0.29) is 5.69 Å². The molecule has 2 rings (SSSR count). The van der Waals surface area contributed by atoms with Crippen LogP contribution in [0.3, 0.4) is 0 Å². The summed E-state index contributed by atoms with van der Waals surface area (Å²) in [4.78, 5) is 10.5. The van der Waals surface area contributed by atoms with Gasteiger partial charge in [-0.05, 0) is 36.2 Å². The van der Waals surface area contributed by atoms with Gasteiger partial charge < -0.3 is 5.32 Å². The van der Waals surface area contributed by atoms with Crippen LogP contribution in [-0.4, -0.2) is 4.92 Å². The highest BCUT2D eigenvalue weighted by Crippen LogP contribution is 2.24. The third kappa shape index (κ3) is 3.23. The molecule has 0 amide bonds. The third-order valence-corrected chi connectivity index (χ3v) is 3.11. The fourth-order valence-corrected chi connectivity index (χ4v) is 2.06. The van der Waals surface area contributed by atoms with Gasteiger partial charge in [-0.1, -0.05) is 29.8 Å². The van der Waals surface area contributed by atoms with Gasteiger partial charge in [0.2, 0.25) is 0 Å². The molecule has 0 saturated carbocycles. The van der Waals surface area contributed by atoms with Gasteiger partial charge >= 0.3 is 0 Å². The number of benzene rings is 2. The Morgan fingerprint density at radius 2 is 2.00 bits per heavy atom. The van der Waals surface area contributed by atoms with Crippen molar-refractivity contribution in [1.82, 2.24) is 0 Å². The Labute approximate surface area is 116 Å². The van der Waals surface area contributed by atoms with Gasteiger partial charge in [0.1, 0.15) is 5.69 Å². The normalized spacial score (nSPS) is 10.2. The number of anilines is 1. The molecule has 0 unspecified atom stereocenters. The SMILES string of the molecule is Cc1cc(Cl)ccc1CNc1ccccc1[N+](=O)[O-]. The van der Waals surface area contributed by atoms with Crippen LogP contribution in [0.4, 0.5) is 11.4 Å². The second kappa shape index (κ2) is 5.71. The van der Waals surface area contributed by atoms with Gasteiger partial charge in [0, 0.05) is 17.6 Å². The zero-order valence-corrected chi connectivity index (χ0v) is 11.1. The van der Waals surface area contributed by atoms with Crippen LogP contribution in [0.15, 0.2) is 42.5 Å². The van der Waals surface area contributed by atoms with Gasteiger partial charge in [0.05, 0.1) is 4.92 Å². The van der Waals surface area contributed by atoms with Crippen LogP contribution in [-0.2, 0) is 6.54 Å². The number of nitro groups is 1. The lowest BCUT2D eigenvalue weighted by Crippen LogP contribution is -2.03. The maximum atomic E-state index is 10.9. The van der Waals surface area contributed by atoms with E-state index < -0.39 is 4.92 Å². The number of nitrogens with one attached hydrogen (secondary N) is 1. The molecule has 5 heteroatoms. The predicted molar refractivity (Wildman–Crippen MR) is 76.6 cm³/mol. The van der Waals surface area contributed by atoms with E-state index in [0.717, 1.165) is 11.1 Å². The molecule has 0 aliphatic rings. The first kappa shape index (κ1) is 13.4. The smallest absolute Gasteiger partial charge is 0.292 e. The molecule has 0 aliphatic heterocycles. The summed E-state index contributed by atoms with van der Waals surface area (Å²) in [7, 11) is 0. The topological polar surface area (TPSA) is 55.2 Å². The fourth-order valence-electron chi connectivity index (χ4n) is 1.83. The summed E-state index contributed by atoms with van der Waals surface area (Å²) in [6, 6.07) is 12.2. The first-order chi connectivity index (χ1) is 9.08. The highest BCUT2D eigenvalue weighted by Gasteiger charge is 2.11. The van der Waals surface area contributed by atoms with E-state index in [4.69, 9.17) is 11.6 Å². The molecule has 0 fully saturated rings. The third-order valence-electron chi connectivity index (χ3n) is 2.87. The van der Waals surface area contributed by atoms with Gasteiger partial charge in [-0.25, -0.2) is 0 Å². The number of halogens is 1. The number of hydrogen-bond donors (Lipinski definition) is 1. The number of rotatable bonds is 4. The summed E-state index contributed by atoms with van der Waals surface area (Å²) in [5.41, 5.74) is 2.71. The van der Waals surface area contributed by atoms with Crippen LogP contribution in [0, 0.1) is 17.0 Å². The quantitative estimate of drug-likeness (QED) is 0.673. The second-order valence-electron chi connectivity index (χ2n) is 4.20. The summed E-state index contributed by atoms with van der Waals surface area (Å²) in [6.45, 7) is 2.48. The molecule has 0 aliphatic carbocycles. The fraction of sp³-hybridized carbons (Fsp3) is 0.143. The monoisotopic (exact) mass is 276 g/mol. The maximum absolute atomic E-state index is 10.9. The van der Waals surface area contributed by atoms with Gasteiger partial charge in [-0.2, -0.15) is 0 Å². The standard InChI is InChI=1S/C14H13ClN2O2/c1-10-8-12(15)7-6-11(10)9-16-13-4-2-3-5-14(13)17(18)19/h2-8,16H,9H2,1H3. The average Bonchev–Trinajstić information content (AvgIpc) is 2.38. The molecule has 0 spiro atoms.